The summed E-state index contributed by atoms with van der Waals surface area (Å²) in [6.07, 6.45) is 2.48. The van der Waals surface area contributed by atoms with Crippen LogP contribution in [0.3, 0.4) is 0 Å². The number of H-pyrrole nitrogens is 1. The van der Waals surface area contributed by atoms with Gasteiger partial charge in [-0.1, -0.05) is 36.4 Å². The average molecular weight is 498 g/mol. The van der Waals surface area contributed by atoms with Crippen molar-refractivity contribution in [2.24, 2.45) is 0 Å². The number of ether oxygens (including phenoxy) is 3. The van der Waals surface area contributed by atoms with Crippen molar-refractivity contribution < 1.29 is 19.0 Å². The number of nitrogens with one attached hydrogen (secondary N) is 1. The fourth-order valence-corrected chi connectivity index (χ4v) is 5.38. The van der Waals surface area contributed by atoms with Crippen LogP contribution in [-0.4, -0.2) is 60.8 Å². The number of benzene rings is 3. The van der Waals surface area contributed by atoms with Gasteiger partial charge in [0.2, 0.25) is 12.7 Å². The molecule has 0 radical (unpaired) electrons. The minimum absolute atomic E-state index is 0.0405. The van der Waals surface area contributed by atoms with Crippen molar-refractivity contribution >= 4 is 16.8 Å². The smallest absolute Gasteiger partial charge is 0.231 e. The molecular formula is C30H31N3O4. The van der Waals surface area contributed by atoms with Gasteiger partial charge in [0.25, 0.3) is 0 Å². The second-order valence-electron chi connectivity index (χ2n) is 9.66. The Balaban J connectivity index is 1.15. The van der Waals surface area contributed by atoms with Gasteiger partial charge in [0.05, 0.1) is 7.11 Å². The molecule has 0 aliphatic carbocycles. The van der Waals surface area contributed by atoms with Gasteiger partial charge in [-0.15, -0.1) is 0 Å². The van der Waals surface area contributed by atoms with Gasteiger partial charge in [-0.2, -0.15) is 0 Å². The van der Waals surface area contributed by atoms with E-state index in [-0.39, 0.29) is 18.6 Å². The molecule has 2 aliphatic rings. The third-order valence-corrected chi connectivity index (χ3v) is 7.46. The molecule has 2 aliphatic heterocycles. The fourth-order valence-electron chi connectivity index (χ4n) is 5.38. The quantitative estimate of drug-likeness (QED) is 0.398. The number of aromatic nitrogens is 1. The topological polar surface area (TPSA) is 67.0 Å². The van der Waals surface area contributed by atoms with E-state index in [1.165, 1.54) is 5.56 Å². The number of piperazine rings is 1. The van der Waals surface area contributed by atoms with Gasteiger partial charge in [0.1, 0.15) is 5.75 Å². The number of methoxy groups -OCH3 is 1. The first-order chi connectivity index (χ1) is 18.2. The zero-order chi connectivity index (χ0) is 25.2. The van der Waals surface area contributed by atoms with Crippen LogP contribution in [-0.2, 0) is 11.3 Å². The molecule has 6 rings (SSSR count). The van der Waals surface area contributed by atoms with Crippen LogP contribution in [0.2, 0.25) is 0 Å². The third-order valence-electron chi connectivity index (χ3n) is 7.46. The zero-order valence-corrected chi connectivity index (χ0v) is 21.0. The maximum atomic E-state index is 13.6. The van der Waals surface area contributed by atoms with Crippen LogP contribution in [0.5, 0.6) is 17.2 Å². The predicted octanol–water partition coefficient (Wildman–Crippen LogP) is 4.77. The summed E-state index contributed by atoms with van der Waals surface area (Å²) in [6.45, 7) is 4.28. The van der Waals surface area contributed by atoms with E-state index in [2.05, 4.69) is 52.5 Å². The summed E-state index contributed by atoms with van der Waals surface area (Å²) in [5.41, 5.74) is 4.54. The van der Waals surface area contributed by atoms with Gasteiger partial charge in [0, 0.05) is 62.2 Å². The molecule has 0 bridgehead atoms. The number of rotatable bonds is 7. The number of amides is 1. The Morgan fingerprint density at radius 2 is 1.76 bits per heavy atom. The lowest BCUT2D eigenvalue weighted by Crippen LogP contribution is -2.48. The van der Waals surface area contributed by atoms with E-state index < -0.39 is 0 Å². The molecule has 0 spiro atoms. The van der Waals surface area contributed by atoms with Crippen molar-refractivity contribution in [1.29, 1.82) is 0 Å². The number of aromatic amines is 1. The van der Waals surface area contributed by atoms with Gasteiger partial charge in [-0.3, -0.25) is 9.69 Å². The minimum atomic E-state index is -0.0405. The summed E-state index contributed by atoms with van der Waals surface area (Å²) < 4.78 is 16.3. The number of carbonyl (C=O) groups excluding carboxylic acids is 1. The Labute approximate surface area is 216 Å². The number of carbonyl (C=O) groups is 1. The Morgan fingerprint density at radius 3 is 2.57 bits per heavy atom. The van der Waals surface area contributed by atoms with E-state index in [0.717, 1.165) is 72.0 Å². The molecule has 1 fully saturated rings. The highest BCUT2D eigenvalue weighted by Crippen LogP contribution is 2.35. The molecule has 190 valence electrons. The number of fused-ring (bicyclic) bond motifs is 2. The number of nitrogens with zero attached hydrogens (tertiary/aromatic N) is 2. The average Bonchev–Trinajstić information content (AvgIpc) is 3.59. The third kappa shape index (κ3) is 4.87. The summed E-state index contributed by atoms with van der Waals surface area (Å²) >= 11 is 0. The lowest BCUT2D eigenvalue weighted by Gasteiger charge is -2.35. The van der Waals surface area contributed by atoms with Gasteiger partial charge in [0.15, 0.2) is 11.5 Å². The monoisotopic (exact) mass is 497 g/mol. The lowest BCUT2D eigenvalue weighted by molar-refractivity contribution is -0.133. The molecule has 7 heteroatoms. The summed E-state index contributed by atoms with van der Waals surface area (Å²) in [4.78, 5) is 21.4. The van der Waals surface area contributed by atoms with E-state index in [9.17, 15) is 4.79 Å². The SMILES string of the molecule is COc1ccc([C@@H](CC(=O)N2CCN(Cc3ccc4c(c3)OCO4)CC2)c2c[nH]c3ccccc23)cc1. The normalized spacial score (nSPS) is 16.2. The molecule has 0 saturated carbocycles. The predicted molar refractivity (Wildman–Crippen MR) is 142 cm³/mol. The van der Waals surface area contributed by atoms with Crippen LogP contribution in [0.15, 0.2) is 72.9 Å². The molecule has 1 aromatic heterocycles. The lowest BCUT2D eigenvalue weighted by atomic mass is 9.87. The maximum absolute atomic E-state index is 13.6. The van der Waals surface area contributed by atoms with E-state index in [0.29, 0.717) is 6.42 Å². The van der Waals surface area contributed by atoms with Crippen molar-refractivity contribution in [2.45, 2.75) is 18.9 Å². The summed E-state index contributed by atoms with van der Waals surface area (Å²) in [6, 6.07) is 22.5. The van der Waals surface area contributed by atoms with Gasteiger partial charge < -0.3 is 24.1 Å². The Morgan fingerprint density at radius 1 is 0.973 bits per heavy atom. The van der Waals surface area contributed by atoms with E-state index >= 15 is 0 Å². The van der Waals surface area contributed by atoms with Gasteiger partial charge >= 0.3 is 0 Å². The first-order valence-electron chi connectivity index (χ1n) is 12.8. The van der Waals surface area contributed by atoms with Crippen LogP contribution in [0.4, 0.5) is 0 Å². The molecule has 1 N–H and O–H groups in total. The fraction of sp³-hybridized carbons (Fsp3) is 0.300. The highest BCUT2D eigenvalue weighted by Gasteiger charge is 2.27. The summed E-state index contributed by atoms with van der Waals surface area (Å²) in [7, 11) is 1.67. The Hall–Kier alpha value is -3.97. The van der Waals surface area contributed by atoms with Crippen LogP contribution >= 0.6 is 0 Å². The second kappa shape index (κ2) is 10.2. The molecule has 7 nitrogen and oxygen atoms in total. The largest absolute Gasteiger partial charge is 0.497 e. The van der Waals surface area contributed by atoms with Crippen LogP contribution < -0.4 is 14.2 Å². The summed E-state index contributed by atoms with van der Waals surface area (Å²) in [5.74, 6) is 2.58. The molecule has 1 atom stereocenters. The highest BCUT2D eigenvalue weighted by atomic mass is 16.7. The molecule has 4 aromatic rings. The van der Waals surface area contributed by atoms with Crippen LogP contribution in [0.25, 0.3) is 10.9 Å². The van der Waals surface area contributed by atoms with Crippen molar-refractivity contribution in [2.75, 3.05) is 40.1 Å². The number of para-hydroxylation sites is 1. The zero-order valence-electron chi connectivity index (χ0n) is 21.0. The van der Waals surface area contributed by atoms with E-state index in [4.69, 9.17) is 14.2 Å². The number of hydrogen-bond donors (Lipinski definition) is 1. The standard InChI is InChI=1S/C30H31N3O4/c1-35-23-9-7-22(8-10-23)25(26-18-31-27-5-3-2-4-24(26)27)17-30(34)33-14-12-32(13-15-33)19-21-6-11-28-29(16-21)37-20-36-28/h2-11,16,18,25,31H,12-15,17,19-20H2,1H3/t25-/m1/s1. The molecule has 37 heavy (non-hydrogen) atoms. The molecule has 3 heterocycles. The Kier molecular flexibility index (Phi) is 6.45. The van der Waals surface area contributed by atoms with Crippen molar-refractivity contribution in [3.63, 3.8) is 0 Å². The van der Waals surface area contributed by atoms with E-state index in [1.54, 1.807) is 7.11 Å². The first-order valence-corrected chi connectivity index (χ1v) is 12.8. The Bertz CT molecular complexity index is 1390. The second-order valence-corrected chi connectivity index (χ2v) is 9.66. The highest BCUT2D eigenvalue weighted by molar-refractivity contribution is 5.86. The van der Waals surface area contributed by atoms with Crippen LogP contribution in [0, 0.1) is 0 Å². The maximum Gasteiger partial charge on any atom is 0.231 e. The van der Waals surface area contributed by atoms with Crippen molar-refractivity contribution in [3.8, 4) is 17.2 Å². The van der Waals surface area contributed by atoms with Crippen molar-refractivity contribution in [3.05, 3.63) is 89.6 Å². The molecule has 1 saturated heterocycles. The summed E-state index contributed by atoms with van der Waals surface area (Å²) in [5, 5.41) is 1.16. The van der Waals surface area contributed by atoms with Gasteiger partial charge in [-0.25, -0.2) is 0 Å². The van der Waals surface area contributed by atoms with Crippen molar-refractivity contribution in [1.82, 2.24) is 14.8 Å². The first kappa shape index (κ1) is 23.4. The molecule has 1 amide bonds. The van der Waals surface area contributed by atoms with Gasteiger partial charge in [-0.05, 0) is 47.0 Å². The number of hydrogen-bond acceptors (Lipinski definition) is 5. The van der Waals surface area contributed by atoms with E-state index in [1.807, 2.05) is 35.2 Å². The molecule has 3 aromatic carbocycles. The van der Waals surface area contributed by atoms with Crippen LogP contribution in [0.1, 0.15) is 29.0 Å². The minimum Gasteiger partial charge on any atom is -0.497 e. The molecule has 0 unspecified atom stereocenters. The molecular weight excluding hydrogens is 466 g/mol.